The predicted molar refractivity (Wildman–Crippen MR) is 92.9 cm³/mol. The van der Waals surface area contributed by atoms with Crippen LogP contribution in [0, 0.1) is 0 Å². The standard InChI is InChI=1S/C18H16ClNO4/c1-23-12-17(18(21)22)16-5-3-2-4-14(16)10-20-24-11-13-6-8-15(19)9-7-13/h2-10,12H,11H2,1H3,(H,21,22). The van der Waals surface area contributed by atoms with Crippen molar-refractivity contribution in [2.75, 3.05) is 7.11 Å². The molecule has 0 saturated carbocycles. The van der Waals surface area contributed by atoms with Crippen LogP contribution >= 0.6 is 11.6 Å². The Morgan fingerprint density at radius 3 is 2.58 bits per heavy atom. The lowest BCUT2D eigenvalue weighted by atomic mass is 10.0. The molecule has 0 fully saturated rings. The molecule has 0 spiro atoms. The van der Waals surface area contributed by atoms with Crippen LogP contribution in [0.2, 0.25) is 5.02 Å². The molecule has 1 N–H and O–H groups in total. The fourth-order valence-corrected chi connectivity index (χ4v) is 2.11. The van der Waals surface area contributed by atoms with Crippen molar-refractivity contribution in [2.45, 2.75) is 6.61 Å². The molecule has 0 aliphatic heterocycles. The molecule has 0 bridgehead atoms. The van der Waals surface area contributed by atoms with Crippen LogP contribution in [0.1, 0.15) is 16.7 Å². The number of hydrogen-bond acceptors (Lipinski definition) is 4. The smallest absolute Gasteiger partial charge is 0.339 e. The van der Waals surface area contributed by atoms with Gasteiger partial charge in [-0.2, -0.15) is 0 Å². The van der Waals surface area contributed by atoms with Gasteiger partial charge in [0.1, 0.15) is 12.2 Å². The number of oxime groups is 1. The summed E-state index contributed by atoms with van der Waals surface area (Å²) in [5.74, 6) is -1.08. The molecule has 124 valence electrons. The molecule has 0 radical (unpaired) electrons. The molecule has 24 heavy (non-hydrogen) atoms. The third-order valence-corrected chi connectivity index (χ3v) is 3.38. The molecule has 0 amide bonds. The van der Waals surface area contributed by atoms with Crippen molar-refractivity contribution in [3.8, 4) is 0 Å². The number of nitrogens with zero attached hydrogens (tertiary/aromatic N) is 1. The highest BCUT2D eigenvalue weighted by molar-refractivity contribution is 6.30. The molecule has 0 aliphatic carbocycles. The summed E-state index contributed by atoms with van der Waals surface area (Å²) >= 11 is 5.82. The molecule has 2 rings (SSSR count). The fraction of sp³-hybridized carbons (Fsp3) is 0.111. The highest BCUT2D eigenvalue weighted by Gasteiger charge is 2.13. The van der Waals surface area contributed by atoms with Crippen LogP contribution < -0.4 is 0 Å². The van der Waals surface area contributed by atoms with Gasteiger partial charge in [-0.3, -0.25) is 0 Å². The summed E-state index contributed by atoms with van der Waals surface area (Å²) in [5, 5.41) is 13.8. The van der Waals surface area contributed by atoms with Gasteiger partial charge in [0, 0.05) is 16.1 Å². The van der Waals surface area contributed by atoms with Gasteiger partial charge in [-0.25, -0.2) is 4.79 Å². The van der Waals surface area contributed by atoms with Gasteiger partial charge in [0.15, 0.2) is 0 Å². The maximum absolute atomic E-state index is 11.3. The van der Waals surface area contributed by atoms with E-state index in [0.29, 0.717) is 16.1 Å². The molecule has 5 nitrogen and oxygen atoms in total. The Hall–Kier alpha value is -2.79. The molecular formula is C18H16ClNO4. The van der Waals surface area contributed by atoms with E-state index in [9.17, 15) is 9.90 Å². The molecular weight excluding hydrogens is 330 g/mol. The largest absolute Gasteiger partial charge is 0.503 e. The number of carbonyl (C=O) groups is 1. The van der Waals surface area contributed by atoms with E-state index in [4.69, 9.17) is 21.2 Å². The van der Waals surface area contributed by atoms with Crippen LogP contribution in [-0.2, 0) is 21.0 Å². The minimum absolute atomic E-state index is 0.0391. The molecule has 0 aromatic heterocycles. The first kappa shape index (κ1) is 17.6. The number of ether oxygens (including phenoxy) is 1. The molecule has 0 unspecified atom stereocenters. The van der Waals surface area contributed by atoms with Crippen molar-refractivity contribution in [3.05, 3.63) is 76.5 Å². The van der Waals surface area contributed by atoms with Crippen molar-refractivity contribution in [3.63, 3.8) is 0 Å². The van der Waals surface area contributed by atoms with E-state index in [1.54, 1.807) is 36.4 Å². The number of benzene rings is 2. The van der Waals surface area contributed by atoms with E-state index in [1.165, 1.54) is 19.6 Å². The summed E-state index contributed by atoms with van der Waals surface area (Å²) in [7, 11) is 1.40. The first-order valence-corrected chi connectivity index (χ1v) is 7.45. The molecule has 0 atom stereocenters. The first-order chi connectivity index (χ1) is 11.6. The lowest BCUT2D eigenvalue weighted by Gasteiger charge is -2.06. The zero-order chi connectivity index (χ0) is 17.4. The number of carboxylic acid groups (broad SMARTS) is 1. The number of hydrogen-bond donors (Lipinski definition) is 1. The maximum atomic E-state index is 11.3. The average Bonchev–Trinajstić information content (AvgIpc) is 2.58. The van der Waals surface area contributed by atoms with Gasteiger partial charge >= 0.3 is 5.97 Å². The second kappa shape index (κ2) is 8.74. The Morgan fingerprint density at radius 2 is 1.92 bits per heavy atom. The second-order valence-corrected chi connectivity index (χ2v) is 5.23. The van der Waals surface area contributed by atoms with Crippen molar-refractivity contribution in [1.82, 2.24) is 0 Å². The van der Waals surface area contributed by atoms with Crippen molar-refractivity contribution in [1.29, 1.82) is 0 Å². The average molecular weight is 346 g/mol. The monoisotopic (exact) mass is 345 g/mol. The van der Waals surface area contributed by atoms with E-state index < -0.39 is 5.97 Å². The second-order valence-electron chi connectivity index (χ2n) is 4.79. The topological polar surface area (TPSA) is 68.1 Å². The Bertz CT molecular complexity index is 754. The minimum atomic E-state index is -1.08. The maximum Gasteiger partial charge on any atom is 0.339 e. The van der Waals surface area contributed by atoms with Crippen molar-refractivity contribution >= 4 is 29.4 Å². The number of carboxylic acids is 1. The number of rotatable bonds is 7. The Morgan fingerprint density at radius 1 is 1.21 bits per heavy atom. The number of methoxy groups -OCH3 is 1. The highest BCUT2D eigenvalue weighted by atomic mass is 35.5. The van der Waals surface area contributed by atoms with Crippen LogP contribution in [0.3, 0.4) is 0 Å². The predicted octanol–water partition coefficient (Wildman–Crippen LogP) is 3.96. The summed E-state index contributed by atoms with van der Waals surface area (Å²) in [4.78, 5) is 16.6. The SMILES string of the molecule is COC=C(C(=O)O)c1ccccc1C=NOCc1ccc(Cl)cc1. The van der Waals surface area contributed by atoms with Gasteiger partial charge in [0.05, 0.1) is 19.6 Å². The van der Waals surface area contributed by atoms with Crippen LogP contribution in [0.4, 0.5) is 0 Å². The van der Waals surface area contributed by atoms with Gasteiger partial charge in [-0.05, 0) is 17.7 Å². The van der Waals surface area contributed by atoms with Crippen LogP contribution in [0.5, 0.6) is 0 Å². The van der Waals surface area contributed by atoms with Gasteiger partial charge in [0.2, 0.25) is 0 Å². The van der Waals surface area contributed by atoms with Crippen LogP contribution in [0.15, 0.2) is 59.9 Å². The van der Waals surface area contributed by atoms with Gasteiger partial charge < -0.3 is 14.7 Å². The van der Waals surface area contributed by atoms with Gasteiger partial charge in [-0.15, -0.1) is 0 Å². The number of aliphatic carboxylic acids is 1. The Labute approximate surface area is 144 Å². The first-order valence-electron chi connectivity index (χ1n) is 7.07. The summed E-state index contributed by atoms with van der Waals surface area (Å²) in [6.07, 6.45) is 2.65. The third-order valence-electron chi connectivity index (χ3n) is 3.13. The lowest BCUT2D eigenvalue weighted by molar-refractivity contribution is -0.130. The molecule has 0 aliphatic rings. The summed E-state index contributed by atoms with van der Waals surface area (Å²) in [5.41, 5.74) is 2.07. The van der Waals surface area contributed by atoms with E-state index in [0.717, 1.165) is 5.56 Å². The molecule has 6 heteroatoms. The van der Waals surface area contributed by atoms with E-state index in [1.807, 2.05) is 12.1 Å². The van der Waals surface area contributed by atoms with Crippen LogP contribution in [0.25, 0.3) is 5.57 Å². The quantitative estimate of drug-likeness (QED) is 0.357. The van der Waals surface area contributed by atoms with Crippen molar-refractivity contribution < 1.29 is 19.5 Å². The van der Waals surface area contributed by atoms with Crippen molar-refractivity contribution in [2.24, 2.45) is 5.16 Å². The minimum Gasteiger partial charge on any atom is -0.503 e. The zero-order valence-electron chi connectivity index (χ0n) is 13.0. The summed E-state index contributed by atoms with van der Waals surface area (Å²) in [6, 6.07) is 14.2. The lowest BCUT2D eigenvalue weighted by Crippen LogP contribution is -2.03. The highest BCUT2D eigenvalue weighted by Crippen LogP contribution is 2.19. The van der Waals surface area contributed by atoms with Crippen LogP contribution in [-0.4, -0.2) is 24.4 Å². The van der Waals surface area contributed by atoms with Gasteiger partial charge in [0.25, 0.3) is 0 Å². The van der Waals surface area contributed by atoms with E-state index in [2.05, 4.69) is 5.16 Å². The third kappa shape index (κ3) is 4.86. The summed E-state index contributed by atoms with van der Waals surface area (Å²) in [6.45, 7) is 0.287. The summed E-state index contributed by atoms with van der Waals surface area (Å²) < 4.78 is 4.84. The zero-order valence-corrected chi connectivity index (χ0v) is 13.7. The molecule has 0 saturated heterocycles. The number of halogens is 1. The Balaban J connectivity index is 2.10. The molecule has 2 aromatic carbocycles. The van der Waals surface area contributed by atoms with Gasteiger partial charge in [-0.1, -0.05) is 53.2 Å². The molecule has 0 heterocycles. The molecule has 2 aromatic rings. The fourth-order valence-electron chi connectivity index (χ4n) is 1.99. The van der Waals surface area contributed by atoms with E-state index >= 15 is 0 Å². The van der Waals surface area contributed by atoms with E-state index in [-0.39, 0.29) is 12.2 Å². The normalized spacial score (nSPS) is 11.5. The Kier molecular flexibility index (Phi) is 6.40.